The zero-order valence-corrected chi connectivity index (χ0v) is 10.3. The fraction of sp³-hybridized carbons (Fsp3) is 0.214. The highest BCUT2D eigenvalue weighted by Gasteiger charge is 2.12. The number of fused-ring (bicyclic) bond motifs is 1. The quantitative estimate of drug-likeness (QED) is 0.657. The van der Waals surface area contributed by atoms with Crippen LogP contribution in [-0.2, 0) is 6.42 Å². The highest BCUT2D eigenvalue weighted by molar-refractivity contribution is 5.96. The van der Waals surface area contributed by atoms with Crippen LogP contribution in [0.5, 0.6) is 0 Å². The average Bonchev–Trinajstić information content (AvgIpc) is 2.92. The minimum absolute atomic E-state index is 0.633. The van der Waals surface area contributed by atoms with Crippen LogP contribution >= 0.6 is 0 Å². The van der Waals surface area contributed by atoms with Gasteiger partial charge in [0.1, 0.15) is 0 Å². The first-order chi connectivity index (χ1) is 8.79. The number of para-hydroxylation sites is 1. The molecule has 0 amide bonds. The van der Waals surface area contributed by atoms with Gasteiger partial charge in [0, 0.05) is 34.3 Å². The molecule has 0 aliphatic rings. The van der Waals surface area contributed by atoms with Gasteiger partial charge in [0.25, 0.3) is 0 Å². The van der Waals surface area contributed by atoms with Gasteiger partial charge in [-0.05, 0) is 25.6 Å². The van der Waals surface area contributed by atoms with E-state index in [-0.39, 0.29) is 0 Å². The summed E-state index contributed by atoms with van der Waals surface area (Å²) in [7, 11) is 0. The molecule has 0 radical (unpaired) electrons. The molecule has 0 saturated heterocycles. The van der Waals surface area contributed by atoms with E-state index in [1.165, 1.54) is 10.9 Å². The first kappa shape index (κ1) is 11.0. The zero-order valence-electron chi connectivity index (χ0n) is 10.3. The fourth-order valence-electron chi connectivity index (χ4n) is 2.38. The van der Waals surface area contributed by atoms with E-state index in [4.69, 9.17) is 5.73 Å². The number of nitrogens with one attached hydrogen (secondary N) is 2. The summed E-state index contributed by atoms with van der Waals surface area (Å²) in [5.74, 6) is 0. The Morgan fingerprint density at radius 2 is 2.11 bits per heavy atom. The monoisotopic (exact) mass is 240 g/mol. The Bertz CT molecular complexity index is 678. The van der Waals surface area contributed by atoms with Crippen LogP contribution < -0.4 is 5.73 Å². The minimum atomic E-state index is 0.633. The van der Waals surface area contributed by atoms with Gasteiger partial charge in [-0.15, -0.1) is 0 Å². The van der Waals surface area contributed by atoms with Gasteiger partial charge < -0.3 is 10.7 Å². The summed E-state index contributed by atoms with van der Waals surface area (Å²) in [6.45, 7) is 2.71. The summed E-state index contributed by atoms with van der Waals surface area (Å²) in [6.07, 6.45) is 0.828. The molecule has 0 bridgehead atoms. The van der Waals surface area contributed by atoms with Gasteiger partial charge in [-0.2, -0.15) is 5.10 Å². The molecule has 0 aliphatic carbocycles. The van der Waals surface area contributed by atoms with E-state index >= 15 is 0 Å². The van der Waals surface area contributed by atoms with Gasteiger partial charge in [-0.25, -0.2) is 0 Å². The summed E-state index contributed by atoms with van der Waals surface area (Å²) >= 11 is 0. The highest BCUT2D eigenvalue weighted by atomic mass is 15.1. The van der Waals surface area contributed by atoms with Crippen molar-refractivity contribution in [2.75, 3.05) is 6.54 Å². The van der Waals surface area contributed by atoms with Crippen molar-refractivity contribution in [2.45, 2.75) is 13.3 Å². The summed E-state index contributed by atoms with van der Waals surface area (Å²) in [6, 6.07) is 10.4. The Morgan fingerprint density at radius 3 is 2.94 bits per heavy atom. The molecule has 92 valence electrons. The second-order valence-electron chi connectivity index (χ2n) is 4.49. The lowest BCUT2D eigenvalue weighted by atomic mass is 10.1. The number of aromatic amines is 2. The van der Waals surface area contributed by atoms with E-state index in [1.54, 1.807) is 0 Å². The summed E-state index contributed by atoms with van der Waals surface area (Å²) in [5, 5.41) is 8.64. The van der Waals surface area contributed by atoms with E-state index in [9.17, 15) is 0 Å². The Morgan fingerprint density at radius 1 is 1.28 bits per heavy atom. The molecular formula is C14H16N4. The van der Waals surface area contributed by atoms with Crippen LogP contribution in [0.15, 0.2) is 30.3 Å². The average molecular weight is 240 g/mol. The van der Waals surface area contributed by atoms with Crippen LogP contribution in [0.1, 0.15) is 11.4 Å². The van der Waals surface area contributed by atoms with Crippen molar-refractivity contribution in [2.24, 2.45) is 5.73 Å². The number of aryl methyl sites for hydroxylation is 1. The molecule has 0 atom stereocenters. The largest absolute Gasteiger partial charge is 0.358 e. The smallest absolute Gasteiger partial charge is 0.0947 e. The molecule has 0 aliphatic heterocycles. The van der Waals surface area contributed by atoms with Crippen molar-refractivity contribution in [3.05, 3.63) is 41.7 Å². The first-order valence-corrected chi connectivity index (χ1v) is 6.11. The molecule has 0 fully saturated rings. The number of nitrogens with zero attached hydrogens (tertiary/aromatic N) is 1. The Kier molecular flexibility index (Phi) is 2.64. The van der Waals surface area contributed by atoms with Crippen LogP contribution in [0.4, 0.5) is 0 Å². The van der Waals surface area contributed by atoms with Crippen molar-refractivity contribution >= 4 is 10.9 Å². The molecule has 2 heterocycles. The molecule has 4 nitrogen and oxygen atoms in total. The lowest BCUT2D eigenvalue weighted by Crippen LogP contribution is -2.02. The van der Waals surface area contributed by atoms with Crippen molar-refractivity contribution in [1.82, 2.24) is 15.2 Å². The molecule has 3 rings (SSSR count). The van der Waals surface area contributed by atoms with E-state index in [1.807, 2.05) is 12.1 Å². The fourth-order valence-corrected chi connectivity index (χ4v) is 2.38. The van der Waals surface area contributed by atoms with Gasteiger partial charge in [-0.3, -0.25) is 5.10 Å². The summed E-state index contributed by atoms with van der Waals surface area (Å²) in [5.41, 5.74) is 11.1. The Hall–Kier alpha value is -2.07. The number of nitrogens with two attached hydrogens (primary N) is 1. The predicted molar refractivity (Wildman–Crippen MR) is 73.4 cm³/mol. The molecule has 18 heavy (non-hydrogen) atoms. The zero-order chi connectivity index (χ0) is 12.5. The third-order valence-corrected chi connectivity index (χ3v) is 3.19. The SMILES string of the molecule is Cc1[nH]c2ccccc2c1-c1cc(CCN)[nH]n1. The number of hydrogen-bond donors (Lipinski definition) is 3. The Balaban J connectivity index is 2.15. The number of benzene rings is 1. The number of H-pyrrole nitrogens is 2. The van der Waals surface area contributed by atoms with E-state index < -0.39 is 0 Å². The normalized spacial score (nSPS) is 11.2. The maximum Gasteiger partial charge on any atom is 0.0947 e. The van der Waals surface area contributed by atoms with Crippen molar-refractivity contribution < 1.29 is 0 Å². The highest BCUT2D eigenvalue weighted by Crippen LogP contribution is 2.30. The third kappa shape index (κ3) is 1.71. The second-order valence-corrected chi connectivity index (χ2v) is 4.49. The summed E-state index contributed by atoms with van der Waals surface area (Å²) < 4.78 is 0. The standard InChI is InChI=1S/C14H16N4/c1-9-14(11-4-2-3-5-12(11)16-9)13-8-10(6-7-15)17-18-13/h2-5,8,16H,6-7,15H2,1H3,(H,17,18). The van der Waals surface area contributed by atoms with Gasteiger partial charge in [0.05, 0.1) is 5.69 Å². The molecular weight excluding hydrogens is 224 g/mol. The number of rotatable bonds is 3. The van der Waals surface area contributed by atoms with Crippen LogP contribution in [0.25, 0.3) is 22.2 Å². The van der Waals surface area contributed by atoms with E-state index in [2.05, 4.69) is 40.3 Å². The molecule has 0 unspecified atom stereocenters. The predicted octanol–water partition coefficient (Wildman–Crippen LogP) is 2.37. The number of aromatic nitrogens is 3. The van der Waals surface area contributed by atoms with Crippen molar-refractivity contribution in [3.63, 3.8) is 0 Å². The molecule has 4 N–H and O–H groups in total. The first-order valence-electron chi connectivity index (χ1n) is 6.11. The minimum Gasteiger partial charge on any atom is -0.358 e. The lowest BCUT2D eigenvalue weighted by molar-refractivity contribution is 0.902. The maximum atomic E-state index is 5.55. The van der Waals surface area contributed by atoms with E-state index in [0.717, 1.165) is 29.0 Å². The number of hydrogen-bond acceptors (Lipinski definition) is 2. The molecule has 4 heteroatoms. The van der Waals surface area contributed by atoms with Crippen LogP contribution in [0.2, 0.25) is 0 Å². The second kappa shape index (κ2) is 4.31. The van der Waals surface area contributed by atoms with Crippen LogP contribution in [0.3, 0.4) is 0 Å². The summed E-state index contributed by atoms with van der Waals surface area (Å²) in [4.78, 5) is 3.39. The lowest BCUT2D eigenvalue weighted by Gasteiger charge is -1.95. The van der Waals surface area contributed by atoms with Gasteiger partial charge in [0.2, 0.25) is 0 Å². The Labute approximate surface area is 105 Å². The van der Waals surface area contributed by atoms with E-state index in [0.29, 0.717) is 6.54 Å². The van der Waals surface area contributed by atoms with Crippen molar-refractivity contribution in [3.8, 4) is 11.3 Å². The molecule has 3 aromatic rings. The van der Waals surface area contributed by atoms with Crippen LogP contribution in [-0.4, -0.2) is 21.7 Å². The molecule has 1 aromatic carbocycles. The van der Waals surface area contributed by atoms with Crippen LogP contribution in [0, 0.1) is 6.92 Å². The van der Waals surface area contributed by atoms with Crippen molar-refractivity contribution in [1.29, 1.82) is 0 Å². The van der Waals surface area contributed by atoms with Gasteiger partial charge in [0.15, 0.2) is 0 Å². The van der Waals surface area contributed by atoms with Gasteiger partial charge in [-0.1, -0.05) is 18.2 Å². The molecule has 0 saturated carbocycles. The molecule has 0 spiro atoms. The third-order valence-electron chi connectivity index (χ3n) is 3.19. The maximum absolute atomic E-state index is 5.55. The molecule has 2 aromatic heterocycles. The van der Waals surface area contributed by atoms with Gasteiger partial charge >= 0.3 is 0 Å². The topological polar surface area (TPSA) is 70.5 Å².